The van der Waals surface area contributed by atoms with Gasteiger partial charge in [0.2, 0.25) is 0 Å². The summed E-state index contributed by atoms with van der Waals surface area (Å²) in [5.41, 5.74) is -0.870. The number of hydrogen-bond donors (Lipinski definition) is 3. The van der Waals surface area contributed by atoms with Crippen LogP contribution in [-0.2, 0) is 9.47 Å². The third-order valence-corrected chi connectivity index (χ3v) is 4.15. The zero-order valence-corrected chi connectivity index (χ0v) is 20.3. The van der Waals surface area contributed by atoms with Crippen molar-refractivity contribution >= 4 is 12.2 Å². The lowest BCUT2D eigenvalue weighted by atomic mass is 10.1. The van der Waals surface area contributed by atoms with E-state index in [1.807, 2.05) is 41.5 Å². The molecule has 2 amide bonds. The van der Waals surface area contributed by atoms with Crippen LogP contribution in [0.25, 0.3) is 0 Å². The molecule has 0 atom stereocenters. The van der Waals surface area contributed by atoms with Crippen molar-refractivity contribution in [2.45, 2.75) is 111 Å². The highest BCUT2D eigenvalue weighted by Gasteiger charge is 2.16. The van der Waals surface area contributed by atoms with Gasteiger partial charge < -0.3 is 25.4 Å². The Morgan fingerprint density at radius 2 is 0.833 bits per heavy atom. The summed E-state index contributed by atoms with van der Waals surface area (Å²) >= 11 is 0. The molecule has 0 aromatic rings. The van der Waals surface area contributed by atoms with E-state index in [2.05, 4.69) is 16.0 Å². The van der Waals surface area contributed by atoms with Crippen molar-refractivity contribution in [3.63, 3.8) is 0 Å². The van der Waals surface area contributed by atoms with Crippen LogP contribution in [0.1, 0.15) is 99.3 Å². The second kappa shape index (κ2) is 16.2. The SMILES string of the molecule is CC(C)(C)OC(=O)NCCCCCCCNCCCCCCNC(=O)OC(C)(C)C. The minimum atomic E-state index is -0.436. The molecule has 30 heavy (non-hydrogen) atoms. The average molecular weight is 430 g/mol. The van der Waals surface area contributed by atoms with E-state index < -0.39 is 11.2 Å². The molecule has 0 aliphatic heterocycles. The molecule has 0 radical (unpaired) electrons. The average Bonchev–Trinajstić information content (AvgIpc) is 2.58. The van der Waals surface area contributed by atoms with Gasteiger partial charge in [-0.15, -0.1) is 0 Å². The van der Waals surface area contributed by atoms with Gasteiger partial charge in [-0.05, 0) is 80.3 Å². The quantitative estimate of drug-likeness (QED) is 0.314. The van der Waals surface area contributed by atoms with Crippen molar-refractivity contribution in [1.82, 2.24) is 16.0 Å². The topological polar surface area (TPSA) is 88.7 Å². The first-order valence-electron chi connectivity index (χ1n) is 11.6. The van der Waals surface area contributed by atoms with Crippen molar-refractivity contribution in [3.05, 3.63) is 0 Å². The molecule has 0 aromatic carbocycles. The van der Waals surface area contributed by atoms with Gasteiger partial charge in [0.15, 0.2) is 0 Å². The lowest BCUT2D eigenvalue weighted by molar-refractivity contribution is 0.0515. The summed E-state index contributed by atoms with van der Waals surface area (Å²) in [5, 5.41) is 9.09. The zero-order valence-electron chi connectivity index (χ0n) is 20.3. The van der Waals surface area contributed by atoms with Crippen molar-refractivity contribution in [2.75, 3.05) is 26.2 Å². The number of carbonyl (C=O) groups excluding carboxylic acids is 2. The maximum absolute atomic E-state index is 11.5. The maximum Gasteiger partial charge on any atom is 0.407 e. The second-order valence-corrected chi connectivity index (χ2v) is 9.79. The third-order valence-electron chi connectivity index (χ3n) is 4.15. The summed E-state index contributed by atoms with van der Waals surface area (Å²) in [6.07, 6.45) is 9.53. The van der Waals surface area contributed by atoms with Crippen molar-refractivity contribution in [1.29, 1.82) is 0 Å². The number of amides is 2. The van der Waals surface area contributed by atoms with Crippen LogP contribution >= 0.6 is 0 Å². The Bertz CT molecular complexity index is 414. The molecule has 0 saturated carbocycles. The highest BCUT2D eigenvalue weighted by Crippen LogP contribution is 2.08. The molecule has 7 heteroatoms. The van der Waals surface area contributed by atoms with Gasteiger partial charge in [0.05, 0.1) is 0 Å². The molecule has 0 saturated heterocycles. The van der Waals surface area contributed by atoms with Crippen LogP contribution < -0.4 is 16.0 Å². The Balaban J connectivity index is 3.25. The lowest BCUT2D eigenvalue weighted by Gasteiger charge is -2.19. The van der Waals surface area contributed by atoms with E-state index in [0.29, 0.717) is 13.1 Å². The van der Waals surface area contributed by atoms with Crippen molar-refractivity contribution in [3.8, 4) is 0 Å². The van der Waals surface area contributed by atoms with E-state index in [1.165, 1.54) is 32.1 Å². The Hall–Kier alpha value is -1.50. The highest BCUT2D eigenvalue weighted by atomic mass is 16.6. The molecule has 7 nitrogen and oxygen atoms in total. The monoisotopic (exact) mass is 429 g/mol. The van der Waals surface area contributed by atoms with Gasteiger partial charge in [-0.2, -0.15) is 0 Å². The molecule has 0 heterocycles. The second-order valence-electron chi connectivity index (χ2n) is 9.79. The summed E-state index contributed by atoms with van der Waals surface area (Å²) in [6.45, 7) is 14.7. The number of ether oxygens (including phenoxy) is 2. The molecule has 3 N–H and O–H groups in total. The highest BCUT2D eigenvalue weighted by molar-refractivity contribution is 5.67. The zero-order chi connectivity index (χ0) is 22.9. The maximum atomic E-state index is 11.5. The number of hydrogen-bond acceptors (Lipinski definition) is 5. The number of rotatable bonds is 15. The van der Waals surface area contributed by atoms with Crippen LogP contribution in [0.3, 0.4) is 0 Å². The summed E-state index contributed by atoms with van der Waals surface area (Å²) in [7, 11) is 0. The van der Waals surface area contributed by atoms with Crippen LogP contribution in [0.5, 0.6) is 0 Å². The van der Waals surface area contributed by atoms with Crippen LogP contribution in [0, 0.1) is 0 Å². The molecule has 0 aliphatic carbocycles. The molecule has 0 aliphatic rings. The van der Waals surface area contributed by atoms with Gasteiger partial charge in [-0.3, -0.25) is 0 Å². The van der Waals surface area contributed by atoms with E-state index in [9.17, 15) is 9.59 Å². The van der Waals surface area contributed by atoms with E-state index >= 15 is 0 Å². The van der Waals surface area contributed by atoms with Crippen molar-refractivity contribution < 1.29 is 19.1 Å². The lowest BCUT2D eigenvalue weighted by Crippen LogP contribution is -2.33. The Morgan fingerprint density at radius 1 is 0.533 bits per heavy atom. The largest absolute Gasteiger partial charge is 0.444 e. The van der Waals surface area contributed by atoms with E-state index in [-0.39, 0.29) is 12.2 Å². The third kappa shape index (κ3) is 22.8. The van der Waals surface area contributed by atoms with Crippen LogP contribution in [0.15, 0.2) is 0 Å². The fourth-order valence-electron chi connectivity index (χ4n) is 2.77. The molecule has 0 unspecified atom stereocenters. The van der Waals surface area contributed by atoms with Gasteiger partial charge in [-0.1, -0.05) is 32.1 Å². The summed E-state index contributed by atoms with van der Waals surface area (Å²) in [5.74, 6) is 0. The number of alkyl carbamates (subject to hydrolysis) is 2. The molecule has 0 aromatic heterocycles. The first kappa shape index (κ1) is 28.5. The summed E-state index contributed by atoms with van der Waals surface area (Å²) in [6, 6.07) is 0. The molecular weight excluding hydrogens is 382 g/mol. The smallest absolute Gasteiger partial charge is 0.407 e. The predicted octanol–water partition coefficient (Wildman–Crippen LogP) is 5.14. The first-order chi connectivity index (χ1) is 14.0. The minimum absolute atomic E-state index is 0.328. The van der Waals surface area contributed by atoms with Gasteiger partial charge in [0, 0.05) is 13.1 Å². The van der Waals surface area contributed by atoms with Crippen LogP contribution in [0.4, 0.5) is 9.59 Å². The predicted molar refractivity (Wildman–Crippen MR) is 123 cm³/mol. The first-order valence-corrected chi connectivity index (χ1v) is 11.6. The normalized spacial score (nSPS) is 11.8. The van der Waals surface area contributed by atoms with Gasteiger partial charge in [-0.25, -0.2) is 9.59 Å². The minimum Gasteiger partial charge on any atom is -0.444 e. The van der Waals surface area contributed by atoms with E-state index in [1.54, 1.807) is 0 Å². The summed E-state index contributed by atoms with van der Waals surface area (Å²) < 4.78 is 10.4. The van der Waals surface area contributed by atoms with E-state index in [0.717, 1.165) is 38.8 Å². The number of carbonyl (C=O) groups is 2. The van der Waals surface area contributed by atoms with Gasteiger partial charge in [0.1, 0.15) is 11.2 Å². The molecule has 0 bridgehead atoms. The van der Waals surface area contributed by atoms with Crippen LogP contribution in [0.2, 0.25) is 0 Å². The number of unbranched alkanes of at least 4 members (excludes halogenated alkanes) is 7. The van der Waals surface area contributed by atoms with Gasteiger partial charge >= 0.3 is 12.2 Å². The molecule has 0 fully saturated rings. The molecule has 178 valence electrons. The molecule has 0 rings (SSSR count). The molecule has 0 spiro atoms. The number of nitrogens with one attached hydrogen (secondary N) is 3. The van der Waals surface area contributed by atoms with Gasteiger partial charge in [0.25, 0.3) is 0 Å². The van der Waals surface area contributed by atoms with Crippen LogP contribution in [-0.4, -0.2) is 49.6 Å². The fraction of sp³-hybridized carbons (Fsp3) is 0.913. The fourth-order valence-corrected chi connectivity index (χ4v) is 2.77. The Labute approximate surface area is 184 Å². The molecular formula is C23H47N3O4. The Kier molecular flexibility index (Phi) is 15.4. The summed E-state index contributed by atoms with van der Waals surface area (Å²) in [4.78, 5) is 23.0. The standard InChI is InChI=1S/C23H47N3O4/c1-22(2,3)29-20(27)25-18-14-9-7-8-12-16-24-17-13-10-11-15-19-26-21(28)30-23(4,5)6/h24H,7-19H2,1-6H3,(H,25,27)(H,26,28). The van der Waals surface area contributed by atoms with Crippen molar-refractivity contribution in [2.24, 2.45) is 0 Å². The van der Waals surface area contributed by atoms with E-state index in [4.69, 9.17) is 9.47 Å². The Morgan fingerprint density at radius 3 is 1.17 bits per heavy atom.